The van der Waals surface area contributed by atoms with E-state index in [0.717, 1.165) is 5.69 Å². The van der Waals surface area contributed by atoms with Crippen LogP contribution in [-0.4, -0.2) is 31.1 Å². The summed E-state index contributed by atoms with van der Waals surface area (Å²) in [7, 11) is 2.88. The molecule has 1 aliphatic rings. The first kappa shape index (κ1) is 11.6. The van der Waals surface area contributed by atoms with Crippen molar-refractivity contribution in [3.05, 3.63) is 29.3 Å². The predicted molar refractivity (Wildman–Crippen MR) is 60.5 cm³/mol. The summed E-state index contributed by atoms with van der Waals surface area (Å²) in [6.07, 6.45) is -1.13. The summed E-state index contributed by atoms with van der Waals surface area (Å²) < 4.78 is 4.49. The number of hydrogen-bond acceptors (Lipinski definition) is 4. The fraction of sp³-hybridized carbons (Fsp3) is 0.333. The van der Waals surface area contributed by atoms with Crippen LogP contribution in [-0.2, 0) is 20.7 Å². The van der Waals surface area contributed by atoms with E-state index in [4.69, 9.17) is 0 Å². The van der Waals surface area contributed by atoms with Gasteiger partial charge in [0.2, 0.25) is 5.91 Å². The Morgan fingerprint density at radius 2 is 2.24 bits per heavy atom. The molecule has 0 aliphatic carbocycles. The van der Waals surface area contributed by atoms with E-state index in [1.165, 1.54) is 12.0 Å². The van der Waals surface area contributed by atoms with Crippen LogP contribution in [0.4, 0.5) is 5.69 Å². The van der Waals surface area contributed by atoms with Crippen LogP contribution >= 0.6 is 0 Å². The molecular weight excluding hydrogens is 222 g/mol. The quantitative estimate of drug-likeness (QED) is 0.754. The lowest BCUT2D eigenvalue weighted by molar-refractivity contribution is -0.150. The minimum atomic E-state index is -1.34. The summed E-state index contributed by atoms with van der Waals surface area (Å²) >= 11 is 0. The van der Waals surface area contributed by atoms with Crippen molar-refractivity contribution in [3.8, 4) is 0 Å². The molecule has 0 radical (unpaired) electrons. The van der Waals surface area contributed by atoms with Gasteiger partial charge in [-0.15, -0.1) is 0 Å². The van der Waals surface area contributed by atoms with Crippen molar-refractivity contribution in [1.82, 2.24) is 0 Å². The van der Waals surface area contributed by atoms with Gasteiger partial charge in [-0.05, 0) is 17.2 Å². The first-order chi connectivity index (χ1) is 8.06. The van der Waals surface area contributed by atoms with Gasteiger partial charge in [-0.1, -0.05) is 12.1 Å². The number of methoxy groups -OCH3 is 1. The Balaban J connectivity index is 2.45. The van der Waals surface area contributed by atoms with Crippen LogP contribution in [0.15, 0.2) is 18.2 Å². The number of esters is 1. The molecule has 2 rings (SSSR count). The van der Waals surface area contributed by atoms with Gasteiger partial charge in [0, 0.05) is 12.7 Å². The van der Waals surface area contributed by atoms with E-state index in [0.29, 0.717) is 11.1 Å². The number of carbonyl (C=O) groups is 2. The highest BCUT2D eigenvalue weighted by Crippen LogP contribution is 2.33. The highest BCUT2D eigenvalue weighted by atomic mass is 16.5. The van der Waals surface area contributed by atoms with Crippen molar-refractivity contribution in [1.29, 1.82) is 0 Å². The normalized spacial score (nSPS) is 15.7. The number of amides is 1. The number of aliphatic hydroxyl groups is 1. The smallest absolute Gasteiger partial charge is 0.339 e. The number of carbonyl (C=O) groups excluding carboxylic acids is 2. The van der Waals surface area contributed by atoms with Gasteiger partial charge >= 0.3 is 5.97 Å². The number of nitrogens with zero attached hydrogens (tertiary/aromatic N) is 1. The average Bonchev–Trinajstić information content (AvgIpc) is 2.63. The van der Waals surface area contributed by atoms with Crippen molar-refractivity contribution in [2.75, 3.05) is 19.1 Å². The van der Waals surface area contributed by atoms with Crippen LogP contribution in [0.2, 0.25) is 0 Å². The number of ether oxygens (including phenoxy) is 1. The number of benzene rings is 1. The van der Waals surface area contributed by atoms with Crippen molar-refractivity contribution in [3.63, 3.8) is 0 Å². The molecule has 5 heteroatoms. The fourth-order valence-corrected chi connectivity index (χ4v) is 2.00. The highest BCUT2D eigenvalue weighted by Gasteiger charge is 2.30. The van der Waals surface area contributed by atoms with E-state index in [1.807, 2.05) is 0 Å². The van der Waals surface area contributed by atoms with Crippen LogP contribution < -0.4 is 4.90 Å². The summed E-state index contributed by atoms with van der Waals surface area (Å²) in [4.78, 5) is 24.4. The summed E-state index contributed by atoms with van der Waals surface area (Å²) in [5, 5.41) is 9.82. The van der Waals surface area contributed by atoms with E-state index in [9.17, 15) is 14.7 Å². The molecule has 1 heterocycles. The van der Waals surface area contributed by atoms with E-state index in [-0.39, 0.29) is 12.3 Å². The Hall–Kier alpha value is -1.88. The Kier molecular flexibility index (Phi) is 2.85. The first-order valence-electron chi connectivity index (χ1n) is 5.20. The van der Waals surface area contributed by atoms with E-state index in [2.05, 4.69) is 4.74 Å². The monoisotopic (exact) mass is 235 g/mol. The minimum absolute atomic E-state index is 0.0514. The zero-order chi connectivity index (χ0) is 12.6. The maximum atomic E-state index is 11.6. The van der Waals surface area contributed by atoms with Crippen molar-refractivity contribution in [2.45, 2.75) is 12.5 Å². The molecule has 0 bridgehead atoms. The van der Waals surface area contributed by atoms with Crippen LogP contribution in [0.3, 0.4) is 0 Å². The molecule has 90 valence electrons. The van der Waals surface area contributed by atoms with Gasteiger partial charge in [0.1, 0.15) is 0 Å². The van der Waals surface area contributed by atoms with Crippen LogP contribution in [0.25, 0.3) is 0 Å². The first-order valence-corrected chi connectivity index (χ1v) is 5.20. The molecule has 0 aromatic heterocycles. The molecule has 1 aromatic rings. The molecule has 1 aromatic carbocycles. The molecule has 0 saturated carbocycles. The summed E-state index contributed by atoms with van der Waals surface area (Å²) in [5.41, 5.74) is 1.86. The molecule has 1 amide bonds. The van der Waals surface area contributed by atoms with Gasteiger partial charge in [0.05, 0.1) is 13.5 Å². The summed E-state index contributed by atoms with van der Waals surface area (Å²) in [6, 6.07) is 5.12. The summed E-state index contributed by atoms with van der Waals surface area (Å²) in [5.74, 6) is -0.773. The molecule has 5 nitrogen and oxygen atoms in total. The lowest BCUT2D eigenvalue weighted by Crippen LogP contribution is -2.20. The predicted octanol–water partition coefficient (Wildman–Crippen LogP) is 0.412. The summed E-state index contributed by atoms with van der Waals surface area (Å²) in [6.45, 7) is 0. The zero-order valence-corrected chi connectivity index (χ0v) is 9.64. The maximum Gasteiger partial charge on any atom is 0.339 e. The molecule has 1 aliphatic heterocycles. The van der Waals surface area contributed by atoms with Gasteiger partial charge in [-0.25, -0.2) is 4.79 Å². The minimum Gasteiger partial charge on any atom is -0.467 e. The molecule has 0 saturated heterocycles. The number of hydrogen-bond donors (Lipinski definition) is 1. The van der Waals surface area contributed by atoms with Gasteiger partial charge < -0.3 is 14.7 Å². The van der Waals surface area contributed by atoms with Gasteiger partial charge in [-0.3, -0.25) is 4.79 Å². The largest absolute Gasteiger partial charge is 0.467 e. The van der Waals surface area contributed by atoms with E-state index < -0.39 is 12.1 Å². The molecular formula is C12H13NO4. The number of rotatable bonds is 2. The highest BCUT2D eigenvalue weighted by molar-refractivity contribution is 6.01. The Morgan fingerprint density at radius 3 is 2.88 bits per heavy atom. The molecule has 0 fully saturated rings. The van der Waals surface area contributed by atoms with Crippen molar-refractivity contribution >= 4 is 17.6 Å². The number of likely N-dealkylation sites (N-methyl/N-ethyl adjacent to an activating group) is 1. The SMILES string of the molecule is COC(=O)C(O)c1cccc2c1CC(=O)N2C. The average molecular weight is 235 g/mol. The molecule has 1 unspecified atom stereocenters. The zero-order valence-electron chi connectivity index (χ0n) is 9.64. The van der Waals surface area contributed by atoms with Gasteiger partial charge in [0.25, 0.3) is 0 Å². The van der Waals surface area contributed by atoms with Crippen LogP contribution in [0.1, 0.15) is 17.2 Å². The second kappa shape index (κ2) is 4.18. The third kappa shape index (κ3) is 1.78. The van der Waals surface area contributed by atoms with Crippen LogP contribution in [0, 0.1) is 0 Å². The second-order valence-corrected chi connectivity index (χ2v) is 3.90. The number of aliphatic hydroxyl groups excluding tert-OH is 1. The third-order valence-electron chi connectivity index (χ3n) is 2.97. The van der Waals surface area contributed by atoms with Crippen molar-refractivity contribution < 1.29 is 19.4 Å². The topological polar surface area (TPSA) is 66.8 Å². The number of fused-ring (bicyclic) bond motifs is 1. The van der Waals surface area contributed by atoms with E-state index >= 15 is 0 Å². The standard InChI is InChI=1S/C12H13NO4/c1-13-9-5-3-4-7(8(9)6-10(13)14)11(15)12(16)17-2/h3-5,11,15H,6H2,1-2H3. The van der Waals surface area contributed by atoms with E-state index in [1.54, 1.807) is 25.2 Å². The Labute approximate surface area is 98.6 Å². The maximum absolute atomic E-state index is 11.6. The van der Waals surface area contributed by atoms with Gasteiger partial charge in [-0.2, -0.15) is 0 Å². The fourth-order valence-electron chi connectivity index (χ4n) is 2.00. The van der Waals surface area contributed by atoms with Crippen LogP contribution in [0.5, 0.6) is 0 Å². The number of anilines is 1. The molecule has 1 N–H and O–H groups in total. The Bertz CT molecular complexity index is 483. The lowest BCUT2D eigenvalue weighted by Gasteiger charge is -2.14. The van der Waals surface area contributed by atoms with Crippen molar-refractivity contribution in [2.24, 2.45) is 0 Å². The third-order valence-corrected chi connectivity index (χ3v) is 2.97. The lowest BCUT2D eigenvalue weighted by atomic mass is 10.00. The molecule has 1 atom stereocenters. The van der Waals surface area contributed by atoms with Gasteiger partial charge in [0.15, 0.2) is 6.10 Å². The molecule has 17 heavy (non-hydrogen) atoms. The second-order valence-electron chi connectivity index (χ2n) is 3.90. The Morgan fingerprint density at radius 1 is 1.53 bits per heavy atom. The molecule has 0 spiro atoms.